The number of hydrogen-bond donors (Lipinski definition) is 2. The Kier molecular flexibility index (Phi) is 6.22. The van der Waals surface area contributed by atoms with Gasteiger partial charge in [0.2, 0.25) is 5.91 Å². The van der Waals surface area contributed by atoms with Crippen molar-refractivity contribution in [3.8, 4) is 5.75 Å². The minimum atomic E-state index is -0.267. The molecule has 0 spiro atoms. The van der Waals surface area contributed by atoms with Gasteiger partial charge in [-0.3, -0.25) is 9.59 Å². The summed E-state index contributed by atoms with van der Waals surface area (Å²) < 4.78 is 5.81. The van der Waals surface area contributed by atoms with Crippen LogP contribution in [0.25, 0.3) is 0 Å². The van der Waals surface area contributed by atoms with Crippen LogP contribution in [0.2, 0.25) is 0 Å². The lowest BCUT2D eigenvalue weighted by Crippen LogP contribution is -2.29. The summed E-state index contributed by atoms with van der Waals surface area (Å²) in [5.41, 5.74) is 2.67. The van der Waals surface area contributed by atoms with Crippen LogP contribution in [0.3, 0.4) is 0 Å². The van der Waals surface area contributed by atoms with E-state index in [1.54, 1.807) is 13.8 Å². The van der Waals surface area contributed by atoms with Gasteiger partial charge in [-0.15, -0.1) is 0 Å². The summed E-state index contributed by atoms with van der Waals surface area (Å²) >= 11 is 0. The van der Waals surface area contributed by atoms with Crippen LogP contribution >= 0.6 is 0 Å². The molecule has 6 nitrogen and oxygen atoms in total. The van der Waals surface area contributed by atoms with Crippen molar-refractivity contribution in [2.24, 2.45) is 0 Å². The molecule has 3 aromatic rings. The zero-order valence-corrected chi connectivity index (χ0v) is 16.0. The van der Waals surface area contributed by atoms with Crippen molar-refractivity contribution in [3.63, 3.8) is 0 Å². The smallest absolute Gasteiger partial charge is 0.254 e. The van der Waals surface area contributed by atoms with Crippen LogP contribution in [0.5, 0.6) is 5.75 Å². The van der Waals surface area contributed by atoms with E-state index >= 15 is 0 Å². The van der Waals surface area contributed by atoms with Gasteiger partial charge in [-0.1, -0.05) is 42.5 Å². The lowest BCUT2D eigenvalue weighted by atomic mass is 10.1. The van der Waals surface area contributed by atoms with E-state index in [0.29, 0.717) is 30.2 Å². The molecular formula is C22H23N3O3. The maximum Gasteiger partial charge on any atom is 0.254 e. The van der Waals surface area contributed by atoms with Gasteiger partial charge in [-0.05, 0) is 37.1 Å². The first-order valence-electron chi connectivity index (χ1n) is 9.10. The van der Waals surface area contributed by atoms with E-state index < -0.39 is 0 Å². The van der Waals surface area contributed by atoms with Crippen molar-refractivity contribution < 1.29 is 9.53 Å². The summed E-state index contributed by atoms with van der Waals surface area (Å²) in [7, 11) is 0. The van der Waals surface area contributed by atoms with E-state index in [1.165, 1.54) is 0 Å². The summed E-state index contributed by atoms with van der Waals surface area (Å²) in [5.74, 6) is 1.11. The Morgan fingerprint density at radius 3 is 2.43 bits per heavy atom. The molecule has 0 bridgehead atoms. The van der Waals surface area contributed by atoms with E-state index in [-0.39, 0.29) is 17.9 Å². The Hall–Kier alpha value is -3.41. The summed E-state index contributed by atoms with van der Waals surface area (Å²) in [6, 6.07) is 17.4. The quantitative estimate of drug-likeness (QED) is 0.663. The predicted octanol–water partition coefficient (Wildman–Crippen LogP) is 2.82. The Morgan fingerprint density at radius 2 is 1.71 bits per heavy atom. The Labute approximate surface area is 163 Å². The van der Waals surface area contributed by atoms with Crippen molar-refractivity contribution in [2.75, 3.05) is 0 Å². The number of para-hydroxylation sites is 1. The molecule has 1 amide bonds. The third-order valence-electron chi connectivity index (χ3n) is 4.41. The molecule has 2 N–H and O–H groups in total. The molecule has 1 heterocycles. The fraction of sp³-hybridized carbons (Fsp3) is 0.227. The van der Waals surface area contributed by atoms with Crippen LogP contribution in [0.4, 0.5) is 0 Å². The second-order valence-electron chi connectivity index (χ2n) is 6.54. The van der Waals surface area contributed by atoms with Crippen molar-refractivity contribution >= 4 is 5.91 Å². The number of carbonyl (C=O) groups excluding carboxylic acids is 1. The van der Waals surface area contributed by atoms with Gasteiger partial charge in [-0.25, -0.2) is 4.98 Å². The van der Waals surface area contributed by atoms with E-state index in [1.807, 2.05) is 54.6 Å². The van der Waals surface area contributed by atoms with Crippen LogP contribution in [0.15, 0.2) is 59.4 Å². The van der Waals surface area contributed by atoms with Gasteiger partial charge in [0.1, 0.15) is 18.2 Å². The molecule has 0 aliphatic carbocycles. The zero-order chi connectivity index (χ0) is 19.9. The van der Waals surface area contributed by atoms with E-state index in [4.69, 9.17) is 4.74 Å². The largest absolute Gasteiger partial charge is 0.489 e. The molecule has 0 atom stereocenters. The number of aromatic amines is 1. The summed E-state index contributed by atoms with van der Waals surface area (Å²) in [6.07, 6.45) is -0.00285. The van der Waals surface area contributed by atoms with Crippen LogP contribution < -0.4 is 15.6 Å². The maximum atomic E-state index is 12.3. The number of H-pyrrole nitrogens is 1. The van der Waals surface area contributed by atoms with Crippen molar-refractivity contribution in [1.29, 1.82) is 0 Å². The number of amides is 1. The van der Waals surface area contributed by atoms with Gasteiger partial charge < -0.3 is 15.0 Å². The third kappa shape index (κ3) is 5.07. The first kappa shape index (κ1) is 19.4. The number of nitrogens with one attached hydrogen (secondary N) is 2. The highest BCUT2D eigenvalue weighted by Crippen LogP contribution is 2.14. The van der Waals surface area contributed by atoms with Crippen LogP contribution in [0.1, 0.15) is 28.2 Å². The number of rotatable bonds is 7. The SMILES string of the molecule is Cc1nc(C)c(CC(=O)NCc2ccccc2COc2ccccc2)c(=O)[nH]1. The fourth-order valence-electron chi connectivity index (χ4n) is 2.92. The van der Waals surface area contributed by atoms with Crippen molar-refractivity contribution in [1.82, 2.24) is 15.3 Å². The molecule has 3 rings (SSSR count). The average Bonchev–Trinajstić information content (AvgIpc) is 2.69. The minimum absolute atomic E-state index is 0.00285. The monoisotopic (exact) mass is 377 g/mol. The second-order valence-corrected chi connectivity index (χ2v) is 6.54. The third-order valence-corrected chi connectivity index (χ3v) is 4.41. The number of hydrogen-bond acceptors (Lipinski definition) is 4. The molecule has 0 fully saturated rings. The molecule has 1 aromatic heterocycles. The number of carbonyl (C=O) groups is 1. The number of aromatic nitrogens is 2. The molecule has 0 saturated heterocycles. The van der Waals surface area contributed by atoms with Crippen LogP contribution in [0, 0.1) is 13.8 Å². The molecule has 28 heavy (non-hydrogen) atoms. The zero-order valence-electron chi connectivity index (χ0n) is 16.0. The Bertz CT molecular complexity index is 1010. The van der Waals surface area contributed by atoms with E-state index in [2.05, 4.69) is 15.3 Å². The summed E-state index contributed by atoms with van der Waals surface area (Å²) in [6.45, 7) is 4.23. The maximum absolute atomic E-state index is 12.3. The van der Waals surface area contributed by atoms with Crippen molar-refractivity contribution in [2.45, 2.75) is 33.4 Å². The molecule has 0 unspecified atom stereocenters. The number of ether oxygens (including phenoxy) is 1. The molecule has 0 radical (unpaired) electrons. The Balaban J connectivity index is 1.62. The first-order chi connectivity index (χ1) is 13.5. The second kappa shape index (κ2) is 8.99. The van der Waals surface area contributed by atoms with Gasteiger partial charge in [-0.2, -0.15) is 0 Å². The molecule has 0 aliphatic heterocycles. The number of nitrogens with zero attached hydrogens (tertiary/aromatic N) is 1. The standard InChI is InChI=1S/C22H23N3O3/c1-15-20(22(27)25-16(2)24-15)12-21(26)23-13-17-8-6-7-9-18(17)14-28-19-10-4-3-5-11-19/h3-11H,12-14H2,1-2H3,(H,23,26)(H,24,25,27). The first-order valence-corrected chi connectivity index (χ1v) is 9.10. The van der Waals surface area contributed by atoms with Gasteiger partial charge in [0.15, 0.2) is 0 Å². The molecule has 0 aliphatic rings. The van der Waals surface area contributed by atoms with Gasteiger partial charge in [0, 0.05) is 17.8 Å². The average molecular weight is 377 g/mol. The number of aryl methyl sites for hydroxylation is 2. The van der Waals surface area contributed by atoms with E-state index in [9.17, 15) is 9.59 Å². The topological polar surface area (TPSA) is 84.1 Å². The lowest BCUT2D eigenvalue weighted by Gasteiger charge is -2.12. The predicted molar refractivity (Wildman–Crippen MR) is 107 cm³/mol. The number of benzene rings is 2. The summed E-state index contributed by atoms with van der Waals surface area (Å²) in [4.78, 5) is 31.3. The molecular weight excluding hydrogens is 354 g/mol. The molecule has 6 heteroatoms. The molecule has 2 aromatic carbocycles. The molecule has 144 valence electrons. The highest BCUT2D eigenvalue weighted by Gasteiger charge is 2.12. The fourth-order valence-corrected chi connectivity index (χ4v) is 2.92. The lowest BCUT2D eigenvalue weighted by molar-refractivity contribution is -0.120. The van der Waals surface area contributed by atoms with Gasteiger partial charge in [0.25, 0.3) is 5.56 Å². The van der Waals surface area contributed by atoms with Crippen LogP contribution in [-0.2, 0) is 24.4 Å². The van der Waals surface area contributed by atoms with Crippen LogP contribution in [-0.4, -0.2) is 15.9 Å². The van der Waals surface area contributed by atoms with Crippen molar-refractivity contribution in [3.05, 3.63) is 93.2 Å². The molecule has 0 saturated carbocycles. The Morgan fingerprint density at radius 1 is 1.04 bits per heavy atom. The van der Waals surface area contributed by atoms with Gasteiger partial charge >= 0.3 is 0 Å². The highest BCUT2D eigenvalue weighted by atomic mass is 16.5. The minimum Gasteiger partial charge on any atom is -0.489 e. The normalized spacial score (nSPS) is 10.5. The summed E-state index contributed by atoms with van der Waals surface area (Å²) in [5, 5.41) is 2.88. The van der Waals surface area contributed by atoms with Gasteiger partial charge in [0.05, 0.1) is 6.42 Å². The highest BCUT2D eigenvalue weighted by molar-refractivity contribution is 5.78. The van der Waals surface area contributed by atoms with E-state index in [0.717, 1.165) is 16.9 Å².